The lowest BCUT2D eigenvalue weighted by Crippen LogP contribution is -2.28. The quantitative estimate of drug-likeness (QED) is 0.128. The van der Waals surface area contributed by atoms with Crippen LogP contribution in [-0.4, -0.2) is 33.7 Å². The normalized spacial score (nSPS) is 14.8. The first kappa shape index (κ1) is 31.9. The fourth-order valence-electron chi connectivity index (χ4n) is 4.29. The van der Waals surface area contributed by atoms with E-state index in [1.54, 1.807) is 29.2 Å². The Morgan fingerprint density at radius 1 is 1.02 bits per heavy atom. The number of amidine groups is 1. The lowest BCUT2D eigenvalue weighted by molar-refractivity contribution is -0.122. The van der Waals surface area contributed by atoms with Gasteiger partial charge in [0.2, 0.25) is 0 Å². The van der Waals surface area contributed by atoms with E-state index in [9.17, 15) is 14.7 Å². The van der Waals surface area contributed by atoms with E-state index in [1.165, 1.54) is 23.9 Å². The number of amides is 1. The summed E-state index contributed by atoms with van der Waals surface area (Å²) in [6, 6.07) is 24.9. The molecule has 0 aromatic heterocycles. The zero-order valence-electron chi connectivity index (χ0n) is 23.3. The van der Waals surface area contributed by atoms with Gasteiger partial charge in [-0.15, -0.1) is 0 Å². The van der Waals surface area contributed by atoms with Crippen LogP contribution in [0.3, 0.4) is 0 Å². The maximum Gasteiger partial charge on any atom is 0.335 e. The van der Waals surface area contributed by atoms with Crippen molar-refractivity contribution in [3.05, 3.63) is 126 Å². The number of aromatic carboxylic acids is 1. The van der Waals surface area contributed by atoms with Crippen molar-refractivity contribution in [2.45, 2.75) is 20.1 Å². The van der Waals surface area contributed by atoms with Crippen molar-refractivity contribution < 1.29 is 24.2 Å². The number of carboxylic acids is 1. The molecule has 4 aromatic rings. The molecule has 7 nitrogen and oxygen atoms in total. The molecule has 0 unspecified atom stereocenters. The van der Waals surface area contributed by atoms with Gasteiger partial charge >= 0.3 is 5.97 Å². The van der Waals surface area contributed by atoms with Crippen LogP contribution >= 0.6 is 57.6 Å². The molecule has 0 atom stereocenters. The number of thioether (sulfide) groups is 1. The molecule has 1 heterocycles. The molecule has 1 saturated heterocycles. The molecule has 1 aliphatic heterocycles. The monoisotopic (exact) mass is 758 g/mol. The number of benzene rings is 4. The number of carbonyl (C=O) groups is 2. The predicted molar refractivity (Wildman–Crippen MR) is 184 cm³/mol. The Labute approximate surface area is 282 Å². The molecule has 1 amide bonds. The van der Waals surface area contributed by atoms with Crippen LogP contribution in [0.4, 0.5) is 5.69 Å². The molecule has 1 aliphatic rings. The van der Waals surface area contributed by atoms with Crippen LogP contribution in [0.5, 0.6) is 11.5 Å². The summed E-state index contributed by atoms with van der Waals surface area (Å²) in [5, 5.41) is 10.8. The van der Waals surface area contributed by atoms with E-state index in [1.807, 2.05) is 61.5 Å². The topological polar surface area (TPSA) is 88.4 Å². The molecule has 0 radical (unpaired) electrons. The largest absolute Gasteiger partial charge is 0.490 e. The van der Waals surface area contributed by atoms with Crippen molar-refractivity contribution >= 4 is 86.4 Å². The van der Waals surface area contributed by atoms with E-state index in [0.29, 0.717) is 43.9 Å². The third-order valence-electron chi connectivity index (χ3n) is 6.43. The van der Waals surface area contributed by atoms with Crippen LogP contribution < -0.4 is 9.47 Å². The van der Waals surface area contributed by atoms with E-state index in [2.05, 4.69) is 22.6 Å². The molecular weight excluding hydrogens is 734 g/mol. The van der Waals surface area contributed by atoms with Gasteiger partial charge in [0.25, 0.3) is 5.91 Å². The van der Waals surface area contributed by atoms with Gasteiger partial charge in [-0.3, -0.25) is 9.69 Å². The number of para-hydroxylation sites is 1. The Bertz CT molecular complexity index is 1760. The van der Waals surface area contributed by atoms with Gasteiger partial charge in [0.15, 0.2) is 16.7 Å². The van der Waals surface area contributed by atoms with Gasteiger partial charge in [-0.1, -0.05) is 59.6 Å². The summed E-state index contributed by atoms with van der Waals surface area (Å²) >= 11 is 15.8. The summed E-state index contributed by atoms with van der Waals surface area (Å²) in [4.78, 5) is 31.9. The van der Waals surface area contributed by atoms with Gasteiger partial charge < -0.3 is 14.6 Å². The number of carboxylic acid groups (broad SMARTS) is 1. The van der Waals surface area contributed by atoms with Crippen molar-refractivity contribution in [2.75, 3.05) is 6.61 Å². The summed E-state index contributed by atoms with van der Waals surface area (Å²) in [5.74, 6) is -0.103. The predicted octanol–water partition coefficient (Wildman–Crippen LogP) is 9.08. The second-order valence-electron chi connectivity index (χ2n) is 9.52. The van der Waals surface area contributed by atoms with Crippen molar-refractivity contribution in [3.8, 4) is 11.5 Å². The fourth-order valence-corrected chi connectivity index (χ4v) is 6.54. The lowest BCUT2D eigenvalue weighted by atomic mass is 10.1. The first-order chi connectivity index (χ1) is 21.2. The summed E-state index contributed by atoms with van der Waals surface area (Å²) in [6.07, 6.45) is 1.81. The number of halogens is 3. The molecule has 11 heteroatoms. The molecule has 0 aliphatic carbocycles. The molecule has 4 aromatic carbocycles. The van der Waals surface area contributed by atoms with Crippen molar-refractivity contribution in [1.29, 1.82) is 0 Å². The smallest absolute Gasteiger partial charge is 0.335 e. The van der Waals surface area contributed by atoms with E-state index >= 15 is 0 Å². The SMILES string of the molecule is CCOc1cc(/C=C2\SC(=Nc3ccccc3)N(Cc3ccc(C(=O)O)cc3)C2=O)cc(I)c1OCc1ccc(Cl)cc1Cl. The number of nitrogens with zero attached hydrogens (tertiary/aromatic N) is 2. The number of hydrogen-bond acceptors (Lipinski definition) is 6. The summed E-state index contributed by atoms with van der Waals surface area (Å²) in [5.41, 5.74) is 3.22. The first-order valence-corrected chi connectivity index (χ1v) is 16.1. The van der Waals surface area contributed by atoms with E-state index in [4.69, 9.17) is 37.7 Å². The summed E-state index contributed by atoms with van der Waals surface area (Å²) < 4.78 is 12.9. The molecule has 1 fully saturated rings. The van der Waals surface area contributed by atoms with Crippen LogP contribution in [0, 0.1) is 3.57 Å². The fraction of sp³-hybridized carbons (Fsp3) is 0.121. The van der Waals surface area contributed by atoms with E-state index in [-0.39, 0.29) is 24.6 Å². The third kappa shape index (κ3) is 7.76. The van der Waals surface area contributed by atoms with Gasteiger partial charge in [0.1, 0.15) is 6.61 Å². The van der Waals surface area contributed by atoms with Crippen LogP contribution in [0.15, 0.2) is 94.8 Å². The van der Waals surface area contributed by atoms with E-state index in [0.717, 1.165) is 20.3 Å². The number of aliphatic imine (C=N–C) groups is 1. The molecule has 0 saturated carbocycles. The van der Waals surface area contributed by atoms with Crippen molar-refractivity contribution in [1.82, 2.24) is 4.90 Å². The van der Waals surface area contributed by atoms with Crippen LogP contribution in [-0.2, 0) is 17.9 Å². The number of hydrogen-bond donors (Lipinski definition) is 1. The highest BCUT2D eigenvalue weighted by Gasteiger charge is 2.33. The molecule has 0 spiro atoms. The van der Waals surface area contributed by atoms with Gasteiger partial charge in [-0.25, -0.2) is 9.79 Å². The zero-order valence-corrected chi connectivity index (χ0v) is 27.8. The van der Waals surface area contributed by atoms with Crippen LogP contribution in [0.1, 0.15) is 34.0 Å². The van der Waals surface area contributed by atoms with E-state index < -0.39 is 5.97 Å². The van der Waals surface area contributed by atoms with Crippen LogP contribution in [0.2, 0.25) is 10.0 Å². The minimum absolute atomic E-state index is 0.179. The Morgan fingerprint density at radius 3 is 2.45 bits per heavy atom. The Balaban J connectivity index is 1.45. The van der Waals surface area contributed by atoms with Gasteiger partial charge in [-0.2, -0.15) is 0 Å². The highest BCUT2D eigenvalue weighted by molar-refractivity contribution is 14.1. The summed E-state index contributed by atoms with van der Waals surface area (Å²) in [7, 11) is 0. The second-order valence-corrected chi connectivity index (χ2v) is 12.5. The van der Waals surface area contributed by atoms with Gasteiger partial charge in [-0.05, 0) is 107 Å². The van der Waals surface area contributed by atoms with Crippen molar-refractivity contribution in [3.63, 3.8) is 0 Å². The van der Waals surface area contributed by atoms with Crippen LogP contribution in [0.25, 0.3) is 6.08 Å². The lowest BCUT2D eigenvalue weighted by Gasteiger charge is -2.16. The highest BCUT2D eigenvalue weighted by Crippen LogP contribution is 2.39. The van der Waals surface area contributed by atoms with Gasteiger partial charge in [0.05, 0.1) is 32.9 Å². The summed E-state index contributed by atoms with van der Waals surface area (Å²) in [6.45, 7) is 2.77. The maximum atomic E-state index is 13.7. The average Bonchev–Trinajstić information content (AvgIpc) is 3.27. The number of carbonyl (C=O) groups excluding carboxylic acids is 1. The first-order valence-electron chi connectivity index (χ1n) is 13.4. The molecular formula is C33H25Cl2IN2O5S. The van der Waals surface area contributed by atoms with Gasteiger partial charge in [0, 0.05) is 15.6 Å². The third-order valence-corrected chi connectivity index (χ3v) is 8.82. The Hall–Kier alpha value is -3.51. The minimum atomic E-state index is -1.01. The number of rotatable bonds is 10. The maximum absolute atomic E-state index is 13.7. The number of ether oxygens (including phenoxy) is 2. The Morgan fingerprint density at radius 2 is 1.77 bits per heavy atom. The average molecular weight is 759 g/mol. The highest BCUT2D eigenvalue weighted by atomic mass is 127. The molecule has 224 valence electrons. The van der Waals surface area contributed by atoms with Crippen molar-refractivity contribution in [2.24, 2.45) is 4.99 Å². The second kappa shape index (κ2) is 14.5. The molecule has 0 bridgehead atoms. The standard InChI is InChI=1S/C33H25Cl2IN2O5S/c1-2-42-28-15-21(14-27(36)30(28)43-19-23-12-13-24(34)17-26(23)35)16-29-31(39)38(18-20-8-10-22(11-9-20)32(40)41)33(44-29)37-25-6-4-3-5-7-25/h3-17H,2,18-19H2,1H3,(H,40,41)/b29-16-,37-33?. The minimum Gasteiger partial charge on any atom is -0.490 e. The molecule has 44 heavy (non-hydrogen) atoms. The Kier molecular flexibility index (Phi) is 10.5. The molecule has 1 N–H and O–H groups in total. The zero-order chi connectivity index (χ0) is 31.2. The molecule has 5 rings (SSSR count).